The summed E-state index contributed by atoms with van der Waals surface area (Å²) in [6.45, 7) is 1.43. The monoisotopic (exact) mass is 379 g/mol. The van der Waals surface area contributed by atoms with Gasteiger partial charge in [0.05, 0.1) is 6.04 Å². The highest BCUT2D eigenvalue weighted by molar-refractivity contribution is 7.89. The third-order valence-corrected chi connectivity index (χ3v) is 5.54. The van der Waals surface area contributed by atoms with Gasteiger partial charge in [-0.15, -0.1) is 12.4 Å². The van der Waals surface area contributed by atoms with E-state index in [1.54, 1.807) is 0 Å². The Labute approximate surface area is 147 Å². The molecule has 0 aromatic heterocycles. The van der Waals surface area contributed by atoms with Gasteiger partial charge in [-0.1, -0.05) is 12.1 Å². The quantitative estimate of drug-likeness (QED) is 0.717. The van der Waals surface area contributed by atoms with Crippen LogP contribution in [0.2, 0.25) is 0 Å². The zero-order chi connectivity index (χ0) is 17.0. The van der Waals surface area contributed by atoms with Gasteiger partial charge in [-0.2, -0.15) is 4.72 Å². The van der Waals surface area contributed by atoms with E-state index in [-0.39, 0.29) is 24.5 Å². The molecule has 1 saturated carbocycles. The van der Waals surface area contributed by atoms with Crippen LogP contribution in [0, 0.1) is 5.82 Å². The molecule has 0 heterocycles. The van der Waals surface area contributed by atoms with Crippen molar-refractivity contribution in [2.45, 2.75) is 55.6 Å². The average Bonchev–Trinajstić information content (AvgIpc) is 2.49. The predicted molar refractivity (Wildman–Crippen MR) is 91.8 cm³/mol. The first kappa shape index (κ1) is 20.8. The van der Waals surface area contributed by atoms with Crippen molar-refractivity contribution in [2.75, 3.05) is 0 Å². The largest absolute Gasteiger partial charge is 0.352 e. The highest BCUT2D eigenvalue weighted by atomic mass is 35.5. The summed E-state index contributed by atoms with van der Waals surface area (Å²) in [5, 5.41) is 2.81. The Kier molecular flexibility index (Phi) is 7.59. The Morgan fingerprint density at radius 3 is 2.42 bits per heavy atom. The van der Waals surface area contributed by atoms with Gasteiger partial charge in [-0.05, 0) is 44.7 Å². The maximum Gasteiger partial charge on any atom is 0.244 e. The molecule has 24 heavy (non-hydrogen) atoms. The molecule has 0 spiro atoms. The molecule has 1 aromatic rings. The maximum absolute atomic E-state index is 13.6. The molecule has 0 aliphatic heterocycles. The van der Waals surface area contributed by atoms with Gasteiger partial charge in [0, 0.05) is 12.1 Å². The van der Waals surface area contributed by atoms with E-state index in [0.717, 1.165) is 37.8 Å². The second-order valence-electron chi connectivity index (χ2n) is 5.89. The normalized spacial score (nSPS) is 22.3. The van der Waals surface area contributed by atoms with Crippen LogP contribution < -0.4 is 15.8 Å². The molecule has 1 atom stereocenters. The maximum atomic E-state index is 13.6. The van der Waals surface area contributed by atoms with E-state index in [9.17, 15) is 17.6 Å². The van der Waals surface area contributed by atoms with Crippen LogP contribution in [0.25, 0.3) is 0 Å². The first-order chi connectivity index (χ1) is 10.8. The molecular formula is C15H23ClFN3O3S. The molecule has 1 unspecified atom stereocenters. The second-order valence-corrected chi connectivity index (χ2v) is 7.58. The van der Waals surface area contributed by atoms with Crippen LogP contribution in [-0.4, -0.2) is 32.5 Å². The number of hydrogen-bond acceptors (Lipinski definition) is 4. The number of benzene rings is 1. The van der Waals surface area contributed by atoms with E-state index < -0.39 is 32.7 Å². The third kappa shape index (κ3) is 5.41. The van der Waals surface area contributed by atoms with Crippen LogP contribution >= 0.6 is 12.4 Å². The van der Waals surface area contributed by atoms with Gasteiger partial charge in [0.2, 0.25) is 15.9 Å². The lowest BCUT2D eigenvalue weighted by Gasteiger charge is -2.28. The molecule has 2 rings (SSSR count). The Balaban J connectivity index is 0.00000288. The summed E-state index contributed by atoms with van der Waals surface area (Å²) >= 11 is 0. The molecule has 1 fully saturated rings. The standard InChI is InChI=1S/C15H22FN3O3S.ClH/c1-10(15(20)18-12-8-6-11(17)7-9-12)19-23(21,22)14-5-3-2-4-13(14)16;/h2-5,10-12,19H,6-9,17H2,1H3,(H,18,20);1H. The third-order valence-electron chi connectivity index (χ3n) is 3.97. The minimum Gasteiger partial charge on any atom is -0.352 e. The summed E-state index contributed by atoms with van der Waals surface area (Å²) in [6, 6.07) is 4.22. The summed E-state index contributed by atoms with van der Waals surface area (Å²) in [5.41, 5.74) is 5.81. The summed E-state index contributed by atoms with van der Waals surface area (Å²) in [5.74, 6) is -1.28. The molecule has 4 N–H and O–H groups in total. The second kappa shape index (κ2) is 8.75. The molecule has 1 aliphatic carbocycles. The van der Waals surface area contributed by atoms with E-state index >= 15 is 0 Å². The zero-order valence-electron chi connectivity index (χ0n) is 13.4. The van der Waals surface area contributed by atoms with Crippen molar-refractivity contribution in [2.24, 2.45) is 5.73 Å². The molecule has 1 aliphatic rings. The van der Waals surface area contributed by atoms with Crippen molar-refractivity contribution in [1.82, 2.24) is 10.0 Å². The smallest absolute Gasteiger partial charge is 0.244 e. The summed E-state index contributed by atoms with van der Waals surface area (Å²) in [6.07, 6.45) is 3.22. The van der Waals surface area contributed by atoms with Crippen molar-refractivity contribution in [3.8, 4) is 0 Å². The van der Waals surface area contributed by atoms with Crippen molar-refractivity contribution >= 4 is 28.3 Å². The van der Waals surface area contributed by atoms with Gasteiger partial charge >= 0.3 is 0 Å². The van der Waals surface area contributed by atoms with Gasteiger partial charge in [0.1, 0.15) is 10.7 Å². The first-order valence-corrected chi connectivity index (χ1v) is 9.10. The Morgan fingerprint density at radius 1 is 1.25 bits per heavy atom. The van der Waals surface area contributed by atoms with E-state index in [4.69, 9.17) is 5.73 Å². The molecule has 0 bridgehead atoms. The number of hydrogen-bond donors (Lipinski definition) is 3. The minimum absolute atomic E-state index is 0. The van der Waals surface area contributed by atoms with Crippen molar-refractivity contribution < 1.29 is 17.6 Å². The summed E-state index contributed by atoms with van der Waals surface area (Å²) in [4.78, 5) is 11.7. The van der Waals surface area contributed by atoms with Gasteiger partial charge in [0.15, 0.2) is 0 Å². The predicted octanol–water partition coefficient (Wildman–Crippen LogP) is 1.30. The Bertz CT molecular complexity index is 664. The summed E-state index contributed by atoms with van der Waals surface area (Å²) in [7, 11) is -4.09. The minimum atomic E-state index is -4.09. The number of rotatable bonds is 5. The van der Waals surface area contributed by atoms with Crippen LogP contribution in [-0.2, 0) is 14.8 Å². The molecular weight excluding hydrogens is 357 g/mol. The molecule has 0 saturated heterocycles. The highest BCUT2D eigenvalue weighted by Crippen LogP contribution is 2.17. The van der Waals surface area contributed by atoms with Crippen LogP contribution in [0.5, 0.6) is 0 Å². The first-order valence-electron chi connectivity index (χ1n) is 7.62. The van der Waals surface area contributed by atoms with E-state index in [0.29, 0.717) is 0 Å². The van der Waals surface area contributed by atoms with E-state index in [1.165, 1.54) is 19.1 Å². The van der Waals surface area contributed by atoms with Crippen LogP contribution in [0.4, 0.5) is 4.39 Å². The lowest BCUT2D eigenvalue weighted by molar-refractivity contribution is -0.123. The molecule has 9 heteroatoms. The number of amides is 1. The Morgan fingerprint density at radius 2 is 1.83 bits per heavy atom. The highest BCUT2D eigenvalue weighted by Gasteiger charge is 2.27. The fraction of sp³-hybridized carbons (Fsp3) is 0.533. The van der Waals surface area contributed by atoms with Crippen molar-refractivity contribution in [3.63, 3.8) is 0 Å². The fourth-order valence-electron chi connectivity index (χ4n) is 2.60. The Hall–Kier alpha value is -1.22. The summed E-state index contributed by atoms with van der Waals surface area (Å²) < 4.78 is 40.1. The number of carbonyl (C=O) groups is 1. The lowest BCUT2D eigenvalue weighted by Crippen LogP contribution is -2.49. The number of nitrogens with two attached hydrogens (primary N) is 1. The number of halogens is 2. The van der Waals surface area contributed by atoms with Gasteiger partial charge in [0.25, 0.3) is 0 Å². The number of sulfonamides is 1. The molecule has 6 nitrogen and oxygen atoms in total. The van der Waals surface area contributed by atoms with Crippen LogP contribution in [0.3, 0.4) is 0 Å². The lowest BCUT2D eigenvalue weighted by atomic mass is 9.92. The molecule has 1 amide bonds. The molecule has 136 valence electrons. The number of nitrogens with one attached hydrogen (secondary N) is 2. The van der Waals surface area contributed by atoms with Gasteiger partial charge < -0.3 is 11.1 Å². The fourth-order valence-corrected chi connectivity index (χ4v) is 3.88. The number of carbonyl (C=O) groups excluding carboxylic acids is 1. The average molecular weight is 380 g/mol. The van der Waals surface area contributed by atoms with E-state index in [1.807, 2.05) is 0 Å². The van der Waals surface area contributed by atoms with Crippen LogP contribution in [0.1, 0.15) is 32.6 Å². The molecule has 0 radical (unpaired) electrons. The van der Waals surface area contributed by atoms with Gasteiger partial charge in [-0.25, -0.2) is 12.8 Å². The van der Waals surface area contributed by atoms with Crippen molar-refractivity contribution in [3.05, 3.63) is 30.1 Å². The van der Waals surface area contributed by atoms with Gasteiger partial charge in [-0.3, -0.25) is 4.79 Å². The van der Waals surface area contributed by atoms with Crippen molar-refractivity contribution in [1.29, 1.82) is 0 Å². The zero-order valence-corrected chi connectivity index (χ0v) is 15.0. The van der Waals surface area contributed by atoms with E-state index in [2.05, 4.69) is 10.0 Å². The van der Waals surface area contributed by atoms with Crippen LogP contribution in [0.15, 0.2) is 29.2 Å². The topological polar surface area (TPSA) is 101 Å². The molecule has 1 aromatic carbocycles. The SMILES string of the molecule is CC(NS(=O)(=O)c1ccccc1F)C(=O)NC1CCC(N)CC1.Cl.